The maximum absolute atomic E-state index is 14.9. The van der Waals surface area contributed by atoms with Gasteiger partial charge in [0.1, 0.15) is 0 Å². The minimum Gasteiger partial charge on any atom is -0.380 e. The second kappa shape index (κ2) is 16.7. The third kappa shape index (κ3) is 8.02. The summed E-state index contributed by atoms with van der Waals surface area (Å²) in [6.45, 7) is -13.2. The molecule has 0 amide bonds. The lowest BCUT2D eigenvalue weighted by atomic mass is 9.85. The van der Waals surface area contributed by atoms with E-state index in [9.17, 15) is 166 Å². The Balaban J connectivity index is 3.91. The van der Waals surface area contributed by atoms with Crippen molar-refractivity contribution in [3.63, 3.8) is 0 Å². The van der Waals surface area contributed by atoms with Gasteiger partial charge in [0.25, 0.3) is 20.0 Å². The molecule has 0 bridgehead atoms. The summed E-state index contributed by atoms with van der Waals surface area (Å²) >= 11 is 0. The summed E-state index contributed by atoms with van der Waals surface area (Å²) < 4.78 is 519. The molecule has 0 unspecified atom stereocenters. The Labute approximate surface area is 352 Å². The Bertz CT molecular complexity index is 1920. The lowest BCUT2D eigenvalue weighted by molar-refractivity contribution is -0.458. The zero-order valence-corrected chi connectivity index (χ0v) is 33.0. The van der Waals surface area contributed by atoms with Crippen LogP contribution in [0.25, 0.3) is 0 Å². The second-order valence-corrected chi connectivity index (χ2v) is 17.7. The topological polar surface area (TPSA) is 84.0 Å². The highest BCUT2D eigenvalue weighted by Gasteiger charge is 2.98. The van der Waals surface area contributed by atoms with E-state index < -0.39 is 167 Å². The first-order valence-corrected chi connectivity index (χ1v) is 18.9. The number of halogens is 34. The van der Waals surface area contributed by atoms with Gasteiger partial charge in [-0.1, -0.05) is 13.8 Å². The summed E-state index contributed by atoms with van der Waals surface area (Å²) in [7, 11) is -16.7. The Hall–Kier alpha value is -2.60. The molecule has 1 rings (SSSR count). The van der Waals surface area contributed by atoms with Crippen LogP contribution in [0.15, 0.2) is 0 Å². The van der Waals surface area contributed by atoms with Crippen molar-refractivity contribution in [2.75, 3.05) is 39.4 Å². The molecule has 0 radical (unpaired) electrons. The molecule has 1 aliphatic heterocycles. The number of sulfonamides is 2. The van der Waals surface area contributed by atoms with E-state index in [1.54, 1.807) is 0 Å². The van der Waals surface area contributed by atoms with Gasteiger partial charge >= 0.3 is 93.9 Å². The molecule has 0 aromatic carbocycles. The molecule has 1 aliphatic rings. The van der Waals surface area contributed by atoms with Crippen molar-refractivity contribution in [1.82, 2.24) is 8.61 Å². The van der Waals surface area contributed by atoms with Crippen LogP contribution in [0.5, 0.6) is 0 Å². The summed E-state index contributed by atoms with van der Waals surface area (Å²) in [6.07, 6.45) is -16.4. The molecule has 1 heterocycles. The molecule has 408 valence electrons. The van der Waals surface area contributed by atoms with Crippen molar-refractivity contribution >= 4 is 20.0 Å². The van der Waals surface area contributed by atoms with Crippen LogP contribution >= 0.6 is 0 Å². The number of rotatable bonds is 22. The fourth-order valence-corrected chi connectivity index (χ4v) is 8.17. The highest BCUT2D eigenvalue weighted by molar-refractivity contribution is 7.90. The van der Waals surface area contributed by atoms with Gasteiger partial charge in [-0.25, -0.2) is 16.8 Å². The molecule has 1 fully saturated rings. The van der Waals surface area contributed by atoms with Crippen LogP contribution in [0, 0.1) is 5.41 Å². The van der Waals surface area contributed by atoms with Crippen LogP contribution in [0.1, 0.15) is 13.8 Å². The van der Waals surface area contributed by atoms with Crippen LogP contribution < -0.4 is 0 Å². The maximum atomic E-state index is 14.9. The molecule has 0 aliphatic carbocycles. The first-order valence-electron chi connectivity index (χ1n) is 16.0. The standard InChI is InChI=1S/C25H18F34N2O5S2/c1-3-60(67(62,63)24(56,57)20(46,47)16(38,39)12(30,31)10(26,27)14(34,35)18(42,43)22(50,51)52)5-9(7-66-8-9)6-61(4-2)68(64,65)25(58,59)21(48,49)17(40,41)13(32,33)11(28,29)15(36,37)19(44,45)23(53,54)55/h3-8H2,1-2H3. The van der Waals surface area contributed by atoms with Crippen molar-refractivity contribution < 1.29 is 171 Å². The summed E-state index contributed by atoms with van der Waals surface area (Å²) in [6, 6.07) is 0. The largest absolute Gasteiger partial charge is 0.460 e. The van der Waals surface area contributed by atoms with Crippen LogP contribution in [0.3, 0.4) is 0 Å². The number of ether oxygens (including phenoxy) is 1. The maximum Gasteiger partial charge on any atom is 0.460 e. The van der Waals surface area contributed by atoms with Crippen molar-refractivity contribution in [2.24, 2.45) is 5.41 Å². The zero-order chi connectivity index (χ0) is 55.6. The van der Waals surface area contributed by atoms with Gasteiger partial charge in [0.05, 0.1) is 13.2 Å². The van der Waals surface area contributed by atoms with Gasteiger partial charge < -0.3 is 4.74 Å². The first-order chi connectivity index (χ1) is 29.0. The van der Waals surface area contributed by atoms with E-state index in [2.05, 4.69) is 4.74 Å². The van der Waals surface area contributed by atoms with E-state index in [0.29, 0.717) is 0 Å². The Morgan fingerprint density at radius 3 is 0.662 bits per heavy atom. The van der Waals surface area contributed by atoms with Crippen LogP contribution in [-0.2, 0) is 24.8 Å². The fraction of sp³-hybridized carbons (Fsp3) is 1.00. The van der Waals surface area contributed by atoms with E-state index in [-0.39, 0.29) is 13.8 Å². The van der Waals surface area contributed by atoms with E-state index in [0.717, 1.165) is 0 Å². The molecule has 0 atom stereocenters. The normalized spacial score (nSPS) is 18.4. The van der Waals surface area contributed by atoms with Gasteiger partial charge in [0.2, 0.25) is 0 Å². The minimum absolute atomic E-state index is 0.00511. The number of alkyl halides is 34. The van der Waals surface area contributed by atoms with Gasteiger partial charge in [0.15, 0.2) is 0 Å². The summed E-state index contributed by atoms with van der Waals surface area (Å²) in [4.78, 5) is 0. The number of hydrogen-bond donors (Lipinski definition) is 0. The summed E-state index contributed by atoms with van der Waals surface area (Å²) in [5.41, 5.74) is -3.36. The molecule has 7 nitrogen and oxygen atoms in total. The van der Waals surface area contributed by atoms with Gasteiger partial charge in [-0.2, -0.15) is 158 Å². The molecule has 0 saturated carbocycles. The van der Waals surface area contributed by atoms with E-state index in [1.807, 2.05) is 0 Å². The van der Waals surface area contributed by atoms with Gasteiger partial charge in [-0.15, -0.1) is 0 Å². The smallest absolute Gasteiger partial charge is 0.380 e. The Morgan fingerprint density at radius 1 is 0.338 bits per heavy atom. The molecule has 0 aromatic rings. The van der Waals surface area contributed by atoms with Crippen molar-refractivity contribution in [3.05, 3.63) is 0 Å². The Kier molecular flexibility index (Phi) is 15.6. The van der Waals surface area contributed by atoms with E-state index in [1.165, 1.54) is 0 Å². The summed E-state index contributed by atoms with van der Waals surface area (Å²) in [5, 5.41) is -16.7. The van der Waals surface area contributed by atoms with Crippen LogP contribution in [0.2, 0.25) is 0 Å². The highest BCUT2D eigenvalue weighted by atomic mass is 32.2. The van der Waals surface area contributed by atoms with Crippen molar-refractivity contribution in [2.45, 2.75) is 108 Å². The molecule has 1 saturated heterocycles. The molecule has 0 N–H and O–H groups in total. The zero-order valence-electron chi connectivity index (χ0n) is 31.3. The molecule has 0 spiro atoms. The van der Waals surface area contributed by atoms with Crippen LogP contribution in [0.4, 0.5) is 149 Å². The van der Waals surface area contributed by atoms with Crippen molar-refractivity contribution in [1.29, 1.82) is 0 Å². The number of nitrogens with zero attached hydrogens (tertiary/aromatic N) is 2. The van der Waals surface area contributed by atoms with Gasteiger partial charge in [-0.3, -0.25) is 0 Å². The van der Waals surface area contributed by atoms with E-state index in [4.69, 9.17) is 0 Å². The quantitative estimate of drug-likeness (QED) is 0.101. The average Bonchev–Trinajstić information content (AvgIpc) is 3.11. The monoisotopic (exact) mass is 1140 g/mol. The lowest BCUT2D eigenvalue weighted by Gasteiger charge is -2.47. The third-order valence-corrected chi connectivity index (χ3v) is 13.2. The van der Waals surface area contributed by atoms with Gasteiger partial charge in [-0.05, 0) is 0 Å². The van der Waals surface area contributed by atoms with Gasteiger partial charge in [0, 0.05) is 31.6 Å². The predicted octanol–water partition coefficient (Wildman–Crippen LogP) is 10.2. The molecule has 43 heteroatoms. The molecular formula is C25H18F34N2O5S2. The second-order valence-electron chi connectivity index (χ2n) is 13.8. The van der Waals surface area contributed by atoms with E-state index >= 15 is 0 Å². The predicted molar refractivity (Wildman–Crippen MR) is 147 cm³/mol. The fourth-order valence-electron chi connectivity index (χ4n) is 5.05. The Morgan fingerprint density at radius 2 is 0.515 bits per heavy atom. The molecule has 0 aromatic heterocycles. The number of hydrogen-bond acceptors (Lipinski definition) is 5. The highest BCUT2D eigenvalue weighted by Crippen LogP contribution is 2.67. The first kappa shape index (κ1) is 63.4. The van der Waals surface area contributed by atoms with Crippen LogP contribution in [-0.4, -0.2) is 159 Å². The lowest BCUT2D eigenvalue weighted by Crippen LogP contribution is -2.75. The molecule has 68 heavy (non-hydrogen) atoms. The minimum atomic E-state index is -9.37. The summed E-state index contributed by atoms with van der Waals surface area (Å²) in [5.74, 6) is -109. The average molecular weight is 1140 g/mol. The van der Waals surface area contributed by atoms with Crippen molar-refractivity contribution in [3.8, 4) is 0 Å². The third-order valence-electron chi connectivity index (χ3n) is 9.26. The molecular weight excluding hydrogens is 1120 g/mol. The SMILES string of the molecule is CCN(CC1(CN(CC)S(=O)(=O)C(F)(F)C(F)(F)C(F)(F)C(F)(F)C(F)(F)C(F)(F)C(F)(F)C(F)(F)F)COC1)S(=O)(=O)C(F)(F)C(F)(F)C(F)(F)C(F)(F)C(F)(F)C(F)(F)C(F)(F)C(F)(F)F.